The van der Waals surface area contributed by atoms with Crippen LogP contribution in [-0.4, -0.2) is 55.0 Å². The molecule has 104 valence electrons. The fourth-order valence-electron chi connectivity index (χ4n) is 1.41. The number of carbonyl (C=O) groups excluding carboxylic acids is 2. The van der Waals surface area contributed by atoms with Gasteiger partial charge in [0.05, 0.1) is 25.8 Å². The topological polar surface area (TPSA) is 65.1 Å². The summed E-state index contributed by atoms with van der Waals surface area (Å²) in [5, 5.41) is 0. The van der Waals surface area contributed by atoms with Crippen LogP contribution >= 0.6 is 0 Å². The van der Waals surface area contributed by atoms with Crippen LogP contribution in [0.4, 0.5) is 4.79 Å². The van der Waals surface area contributed by atoms with E-state index in [-0.39, 0.29) is 24.8 Å². The molecular formula is C12H21NO5. The van der Waals surface area contributed by atoms with E-state index in [0.717, 1.165) is 0 Å². The van der Waals surface area contributed by atoms with Crippen molar-refractivity contribution in [3.05, 3.63) is 0 Å². The molecule has 1 aliphatic rings. The average Bonchev–Trinajstić information content (AvgIpc) is 2.12. The van der Waals surface area contributed by atoms with Crippen molar-refractivity contribution >= 4 is 12.1 Å². The first kappa shape index (κ1) is 14.8. The van der Waals surface area contributed by atoms with Crippen molar-refractivity contribution in [2.24, 2.45) is 0 Å². The molecule has 18 heavy (non-hydrogen) atoms. The Labute approximate surface area is 107 Å². The largest absolute Gasteiger partial charge is 0.464 e. The minimum atomic E-state index is -0.492. The lowest BCUT2D eigenvalue weighted by Crippen LogP contribution is -2.56. The molecule has 1 aliphatic heterocycles. The monoisotopic (exact) mass is 259 g/mol. The van der Waals surface area contributed by atoms with Crippen molar-refractivity contribution in [2.45, 2.75) is 39.4 Å². The lowest BCUT2D eigenvalue weighted by atomic mass is 10.2. The summed E-state index contributed by atoms with van der Waals surface area (Å²) in [6.07, 6.45) is -0.458. The molecule has 1 amide bonds. The summed E-state index contributed by atoms with van der Waals surface area (Å²) in [7, 11) is 0. The lowest BCUT2D eigenvalue weighted by Gasteiger charge is -2.39. The Hall–Kier alpha value is -1.30. The zero-order valence-corrected chi connectivity index (χ0v) is 11.4. The zero-order valence-electron chi connectivity index (χ0n) is 11.4. The number of esters is 1. The van der Waals surface area contributed by atoms with Gasteiger partial charge < -0.3 is 19.1 Å². The van der Waals surface area contributed by atoms with Crippen molar-refractivity contribution < 1.29 is 23.8 Å². The van der Waals surface area contributed by atoms with Gasteiger partial charge >= 0.3 is 12.1 Å². The van der Waals surface area contributed by atoms with Gasteiger partial charge in [0, 0.05) is 0 Å². The Bertz CT molecular complexity index is 304. The molecular weight excluding hydrogens is 238 g/mol. The molecule has 1 rings (SSSR count). The fraction of sp³-hybridized carbons (Fsp3) is 0.833. The predicted molar refractivity (Wildman–Crippen MR) is 64.2 cm³/mol. The van der Waals surface area contributed by atoms with E-state index in [1.165, 1.54) is 0 Å². The maximum Gasteiger partial charge on any atom is 0.410 e. The van der Waals surface area contributed by atoms with Crippen LogP contribution in [0, 0.1) is 0 Å². The highest BCUT2D eigenvalue weighted by molar-refractivity contribution is 5.71. The van der Waals surface area contributed by atoms with Gasteiger partial charge in [-0.15, -0.1) is 0 Å². The maximum absolute atomic E-state index is 11.6. The lowest BCUT2D eigenvalue weighted by molar-refractivity contribution is -0.154. The molecule has 6 heteroatoms. The second kappa shape index (κ2) is 6.04. The second-order valence-electron chi connectivity index (χ2n) is 5.12. The van der Waals surface area contributed by atoms with Gasteiger partial charge in [-0.05, 0) is 27.7 Å². The van der Waals surface area contributed by atoms with E-state index < -0.39 is 5.60 Å². The fourth-order valence-corrected chi connectivity index (χ4v) is 1.41. The van der Waals surface area contributed by atoms with Crippen molar-refractivity contribution in [1.82, 2.24) is 4.90 Å². The van der Waals surface area contributed by atoms with E-state index in [1.807, 2.05) is 20.8 Å². The van der Waals surface area contributed by atoms with E-state index in [0.29, 0.717) is 19.7 Å². The highest BCUT2D eigenvalue weighted by Crippen LogP contribution is 2.16. The molecule has 0 unspecified atom stereocenters. The van der Waals surface area contributed by atoms with Gasteiger partial charge in [0.25, 0.3) is 0 Å². The molecule has 6 nitrogen and oxygen atoms in total. The number of carbonyl (C=O) groups is 2. The molecule has 0 aromatic rings. The van der Waals surface area contributed by atoms with Crippen LogP contribution in [0.25, 0.3) is 0 Å². The van der Waals surface area contributed by atoms with Gasteiger partial charge in [0.15, 0.2) is 0 Å². The molecule has 0 saturated carbocycles. The van der Waals surface area contributed by atoms with Gasteiger partial charge in [-0.3, -0.25) is 0 Å². The molecule has 0 aliphatic carbocycles. The van der Waals surface area contributed by atoms with E-state index in [9.17, 15) is 9.59 Å². The first-order valence-corrected chi connectivity index (χ1v) is 6.07. The molecule has 0 aromatic heterocycles. The normalized spacial score (nSPS) is 16.1. The molecule has 1 fully saturated rings. The molecule has 1 heterocycles. The Morgan fingerprint density at radius 2 is 1.89 bits per heavy atom. The predicted octanol–water partition coefficient (Wildman–Crippen LogP) is 1.19. The Kier molecular flexibility index (Phi) is 4.95. The number of nitrogens with zero attached hydrogens (tertiary/aromatic N) is 1. The van der Waals surface area contributed by atoms with E-state index in [2.05, 4.69) is 0 Å². The van der Waals surface area contributed by atoms with Crippen molar-refractivity contribution in [3.8, 4) is 0 Å². The van der Waals surface area contributed by atoms with E-state index >= 15 is 0 Å². The Morgan fingerprint density at radius 1 is 1.28 bits per heavy atom. The molecule has 0 aromatic carbocycles. The molecule has 0 atom stereocenters. The quantitative estimate of drug-likeness (QED) is 0.709. The van der Waals surface area contributed by atoms with Gasteiger partial charge in [0.1, 0.15) is 12.2 Å². The van der Waals surface area contributed by atoms with Crippen molar-refractivity contribution in [1.29, 1.82) is 0 Å². The first-order chi connectivity index (χ1) is 8.31. The minimum Gasteiger partial charge on any atom is -0.464 e. The van der Waals surface area contributed by atoms with Gasteiger partial charge in [-0.1, -0.05) is 0 Å². The summed E-state index contributed by atoms with van der Waals surface area (Å²) in [5.41, 5.74) is -0.492. The summed E-state index contributed by atoms with van der Waals surface area (Å²) in [6.45, 7) is 8.38. The van der Waals surface area contributed by atoms with Crippen LogP contribution in [0.1, 0.15) is 27.7 Å². The van der Waals surface area contributed by atoms with Gasteiger partial charge in [-0.2, -0.15) is 0 Å². The number of rotatable bonds is 4. The number of ether oxygens (including phenoxy) is 3. The molecule has 1 saturated heterocycles. The summed E-state index contributed by atoms with van der Waals surface area (Å²) >= 11 is 0. The SMILES string of the molecule is CCOC(=O)COC1CN(C(=O)OC(C)(C)C)C1. The van der Waals surface area contributed by atoms with Crippen molar-refractivity contribution in [3.63, 3.8) is 0 Å². The summed E-state index contributed by atoms with van der Waals surface area (Å²) in [6, 6.07) is 0. The Morgan fingerprint density at radius 3 is 2.39 bits per heavy atom. The summed E-state index contributed by atoms with van der Waals surface area (Å²) in [4.78, 5) is 24.2. The van der Waals surface area contributed by atoms with E-state index in [4.69, 9.17) is 14.2 Å². The van der Waals surface area contributed by atoms with Gasteiger partial charge in [0.2, 0.25) is 0 Å². The summed E-state index contributed by atoms with van der Waals surface area (Å²) < 4.78 is 15.2. The third-order valence-corrected chi connectivity index (χ3v) is 2.24. The molecule has 0 radical (unpaired) electrons. The standard InChI is InChI=1S/C12H21NO5/c1-5-16-10(14)8-17-9-6-13(7-9)11(15)18-12(2,3)4/h9H,5-8H2,1-4H3. The van der Waals surface area contributed by atoms with Crippen LogP contribution in [0.2, 0.25) is 0 Å². The number of hydrogen-bond donors (Lipinski definition) is 0. The highest BCUT2D eigenvalue weighted by Gasteiger charge is 2.34. The molecule has 0 N–H and O–H groups in total. The minimum absolute atomic E-state index is 0.0688. The third-order valence-electron chi connectivity index (χ3n) is 2.24. The van der Waals surface area contributed by atoms with Gasteiger partial charge in [-0.25, -0.2) is 9.59 Å². The number of likely N-dealkylation sites (tertiary alicyclic amines) is 1. The third kappa shape index (κ3) is 4.91. The Balaban J connectivity index is 2.16. The van der Waals surface area contributed by atoms with Crippen LogP contribution in [0.15, 0.2) is 0 Å². The highest BCUT2D eigenvalue weighted by atomic mass is 16.6. The first-order valence-electron chi connectivity index (χ1n) is 6.07. The van der Waals surface area contributed by atoms with Crippen LogP contribution in [0.3, 0.4) is 0 Å². The molecule has 0 bridgehead atoms. The maximum atomic E-state index is 11.6. The number of amides is 1. The van der Waals surface area contributed by atoms with Crippen LogP contribution in [0.5, 0.6) is 0 Å². The average molecular weight is 259 g/mol. The smallest absolute Gasteiger partial charge is 0.410 e. The second-order valence-corrected chi connectivity index (χ2v) is 5.12. The zero-order chi connectivity index (χ0) is 13.8. The summed E-state index contributed by atoms with van der Waals surface area (Å²) in [5.74, 6) is -0.381. The van der Waals surface area contributed by atoms with Crippen LogP contribution in [-0.2, 0) is 19.0 Å². The number of hydrogen-bond acceptors (Lipinski definition) is 5. The van der Waals surface area contributed by atoms with Crippen LogP contribution < -0.4 is 0 Å². The van der Waals surface area contributed by atoms with E-state index in [1.54, 1.807) is 11.8 Å². The molecule has 0 spiro atoms. The van der Waals surface area contributed by atoms with Crippen molar-refractivity contribution in [2.75, 3.05) is 26.3 Å².